The zero-order chi connectivity index (χ0) is 17.3. The number of amides is 1. The fourth-order valence-electron chi connectivity index (χ4n) is 2.59. The van der Waals surface area contributed by atoms with E-state index in [0.29, 0.717) is 13.0 Å². The highest BCUT2D eigenvalue weighted by atomic mass is 32.2. The molecule has 7 heteroatoms. The number of rotatable bonds is 5. The van der Waals surface area contributed by atoms with Gasteiger partial charge in [0.2, 0.25) is 5.91 Å². The minimum atomic E-state index is -3.51. The molecule has 126 valence electrons. The number of likely N-dealkylation sites (tertiary alicyclic amines) is 1. The van der Waals surface area contributed by atoms with Gasteiger partial charge in [-0.05, 0) is 32.4 Å². The molecule has 1 aromatic rings. The van der Waals surface area contributed by atoms with Crippen LogP contribution in [0.4, 0.5) is 0 Å². The van der Waals surface area contributed by atoms with Crippen molar-refractivity contribution >= 4 is 21.7 Å². The zero-order valence-corrected chi connectivity index (χ0v) is 14.1. The van der Waals surface area contributed by atoms with E-state index in [4.69, 9.17) is 5.11 Å². The third-order valence-corrected chi connectivity index (χ3v) is 6.04. The minimum Gasteiger partial charge on any atom is -0.481 e. The molecule has 1 fully saturated rings. The van der Waals surface area contributed by atoms with Gasteiger partial charge in [0.1, 0.15) is 0 Å². The first-order valence-corrected chi connectivity index (χ1v) is 9.10. The van der Waals surface area contributed by atoms with Crippen LogP contribution in [-0.2, 0) is 19.4 Å². The monoisotopic (exact) mass is 339 g/mol. The van der Waals surface area contributed by atoms with Crippen molar-refractivity contribution in [2.75, 3.05) is 18.8 Å². The molecule has 0 spiro atoms. The molecular weight excluding hydrogens is 318 g/mol. The van der Waals surface area contributed by atoms with Gasteiger partial charge in [-0.15, -0.1) is 0 Å². The van der Waals surface area contributed by atoms with Crippen LogP contribution in [0.15, 0.2) is 29.2 Å². The van der Waals surface area contributed by atoms with E-state index in [1.807, 2.05) is 6.92 Å². The number of benzene rings is 1. The summed E-state index contributed by atoms with van der Waals surface area (Å²) in [5, 5.41) is 9.17. The van der Waals surface area contributed by atoms with Crippen LogP contribution < -0.4 is 0 Å². The molecule has 1 heterocycles. The van der Waals surface area contributed by atoms with Gasteiger partial charge in [-0.2, -0.15) is 0 Å². The Balaban J connectivity index is 1.97. The van der Waals surface area contributed by atoms with Gasteiger partial charge in [-0.25, -0.2) is 8.42 Å². The first-order chi connectivity index (χ1) is 10.6. The lowest BCUT2D eigenvalue weighted by atomic mass is 9.90. The molecule has 1 atom stereocenters. The van der Waals surface area contributed by atoms with Gasteiger partial charge in [-0.1, -0.05) is 17.7 Å². The molecular formula is C16H21NO5S. The largest absolute Gasteiger partial charge is 0.481 e. The van der Waals surface area contributed by atoms with Gasteiger partial charge < -0.3 is 10.0 Å². The van der Waals surface area contributed by atoms with Gasteiger partial charge in [0, 0.05) is 19.5 Å². The molecule has 0 unspecified atom stereocenters. The number of carboxylic acids is 1. The number of carbonyl (C=O) groups excluding carboxylic acids is 1. The maximum atomic E-state index is 12.2. The highest BCUT2D eigenvalue weighted by Gasteiger charge is 2.42. The average Bonchev–Trinajstić information content (AvgIpc) is 2.89. The Morgan fingerprint density at radius 2 is 1.87 bits per heavy atom. The van der Waals surface area contributed by atoms with E-state index in [2.05, 4.69) is 0 Å². The average molecular weight is 339 g/mol. The number of sulfone groups is 1. The smallest absolute Gasteiger partial charge is 0.311 e. The van der Waals surface area contributed by atoms with Gasteiger partial charge >= 0.3 is 5.97 Å². The van der Waals surface area contributed by atoms with E-state index in [0.717, 1.165) is 5.56 Å². The van der Waals surface area contributed by atoms with E-state index in [9.17, 15) is 18.0 Å². The van der Waals surface area contributed by atoms with E-state index in [1.165, 1.54) is 17.0 Å². The van der Waals surface area contributed by atoms with E-state index in [-0.39, 0.29) is 29.5 Å². The Kier molecular flexibility index (Phi) is 4.79. The van der Waals surface area contributed by atoms with Crippen LogP contribution in [0.3, 0.4) is 0 Å². The lowest BCUT2D eigenvalue weighted by Crippen LogP contribution is -2.35. The fourth-order valence-corrected chi connectivity index (χ4v) is 3.82. The van der Waals surface area contributed by atoms with Gasteiger partial charge in [0.25, 0.3) is 0 Å². The van der Waals surface area contributed by atoms with Gasteiger partial charge in [-0.3, -0.25) is 9.59 Å². The second-order valence-electron chi connectivity index (χ2n) is 6.31. The molecule has 6 nitrogen and oxygen atoms in total. The summed E-state index contributed by atoms with van der Waals surface area (Å²) < 4.78 is 24.5. The number of nitrogens with zero attached hydrogens (tertiary/aromatic N) is 1. The summed E-state index contributed by atoms with van der Waals surface area (Å²) >= 11 is 0. The lowest BCUT2D eigenvalue weighted by Gasteiger charge is -2.20. The van der Waals surface area contributed by atoms with Crippen LogP contribution in [0, 0.1) is 12.3 Å². The quantitative estimate of drug-likeness (QED) is 0.877. The van der Waals surface area contributed by atoms with Crippen LogP contribution in [-0.4, -0.2) is 49.1 Å². The summed E-state index contributed by atoms with van der Waals surface area (Å²) in [5.74, 6) is -1.51. The Morgan fingerprint density at radius 1 is 1.26 bits per heavy atom. The molecule has 0 radical (unpaired) electrons. The number of carboxylic acid groups (broad SMARTS) is 1. The molecule has 0 aliphatic carbocycles. The van der Waals surface area contributed by atoms with Crippen molar-refractivity contribution in [1.82, 2.24) is 4.90 Å². The Bertz CT molecular complexity index is 710. The van der Waals surface area contributed by atoms with Gasteiger partial charge in [0.05, 0.1) is 16.1 Å². The van der Waals surface area contributed by atoms with E-state index in [1.54, 1.807) is 19.1 Å². The van der Waals surface area contributed by atoms with Crippen LogP contribution >= 0.6 is 0 Å². The molecule has 1 amide bonds. The van der Waals surface area contributed by atoms with E-state index < -0.39 is 21.2 Å². The van der Waals surface area contributed by atoms with Crippen LogP contribution in [0.1, 0.15) is 25.3 Å². The maximum absolute atomic E-state index is 12.2. The SMILES string of the molecule is Cc1ccc(S(=O)(=O)CCC(=O)N2CC[C@@](C)(C(=O)O)C2)cc1. The number of carbonyl (C=O) groups is 2. The van der Waals surface area contributed by atoms with Crippen molar-refractivity contribution in [2.45, 2.75) is 31.6 Å². The number of hydrogen-bond acceptors (Lipinski definition) is 4. The molecule has 1 N–H and O–H groups in total. The zero-order valence-electron chi connectivity index (χ0n) is 13.3. The van der Waals surface area contributed by atoms with Crippen molar-refractivity contribution in [3.8, 4) is 0 Å². The van der Waals surface area contributed by atoms with Crippen molar-refractivity contribution in [1.29, 1.82) is 0 Å². The second kappa shape index (κ2) is 6.31. The maximum Gasteiger partial charge on any atom is 0.311 e. The van der Waals surface area contributed by atoms with Crippen molar-refractivity contribution < 1.29 is 23.1 Å². The summed E-state index contributed by atoms with van der Waals surface area (Å²) in [7, 11) is -3.51. The second-order valence-corrected chi connectivity index (χ2v) is 8.42. The predicted octanol–water partition coefficient (Wildman–Crippen LogP) is 1.48. The number of aryl methyl sites for hydroxylation is 1. The standard InChI is InChI=1S/C16H21NO5S/c1-12-3-5-13(6-4-12)23(21,22)10-7-14(18)17-9-8-16(2,11-17)15(19)20/h3-6H,7-11H2,1-2H3,(H,19,20)/t16-/m1/s1. The third-order valence-electron chi connectivity index (χ3n) is 4.31. The number of hydrogen-bond donors (Lipinski definition) is 1. The molecule has 2 rings (SSSR count). The first-order valence-electron chi connectivity index (χ1n) is 7.45. The molecule has 0 bridgehead atoms. The summed E-state index contributed by atoms with van der Waals surface area (Å²) in [6.07, 6.45) is 0.255. The van der Waals surface area contributed by atoms with Gasteiger partial charge in [0.15, 0.2) is 9.84 Å². The highest BCUT2D eigenvalue weighted by Crippen LogP contribution is 2.30. The molecule has 0 saturated carbocycles. The van der Waals surface area contributed by atoms with Crippen molar-refractivity contribution in [2.24, 2.45) is 5.41 Å². The Morgan fingerprint density at radius 3 is 2.39 bits per heavy atom. The summed E-state index contributed by atoms with van der Waals surface area (Å²) in [6, 6.07) is 6.50. The highest BCUT2D eigenvalue weighted by molar-refractivity contribution is 7.91. The molecule has 1 aliphatic heterocycles. The Hall–Kier alpha value is -1.89. The van der Waals surface area contributed by atoms with Crippen molar-refractivity contribution in [3.05, 3.63) is 29.8 Å². The molecule has 23 heavy (non-hydrogen) atoms. The third kappa shape index (κ3) is 3.90. The summed E-state index contributed by atoms with van der Waals surface area (Å²) in [6.45, 7) is 3.95. The Labute approximate surface area is 136 Å². The van der Waals surface area contributed by atoms with Crippen LogP contribution in [0.25, 0.3) is 0 Å². The van der Waals surface area contributed by atoms with Crippen LogP contribution in [0.5, 0.6) is 0 Å². The molecule has 1 saturated heterocycles. The summed E-state index contributed by atoms with van der Waals surface area (Å²) in [4.78, 5) is 25.0. The molecule has 1 aromatic carbocycles. The lowest BCUT2D eigenvalue weighted by molar-refractivity contribution is -0.147. The number of aliphatic carboxylic acids is 1. The molecule has 0 aromatic heterocycles. The molecule has 1 aliphatic rings. The minimum absolute atomic E-state index is 0.131. The normalized spacial score (nSPS) is 21.4. The van der Waals surface area contributed by atoms with Crippen molar-refractivity contribution in [3.63, 3.8) is 0 Å². The fraction of sp³-hybridized carbons (Fsp3) is 0.500. The van der Waals surface area contributed by atoms with Crippen LogP contribution in [0.2, 0.25) is 0 Å². The first kappa shape index (κ1) is 17.5. The summed E-state index contributed by atoms with van der Waals surface area (Å²) in [5.41, 5.74) is 0.0240. The predicted molar refractivity (Wildman–Crippen MR) is 84.8 cm³/mol. The topological polar surface area (TPSA) is 91.8 Å². The van der Waals surface area contributed by atoms with E-state index >= 15 is 0 Å².